The van der Waals surface area contributed by atoms with E-state index < -0.39 is 5.60 Å². The number of fused-ring (bicyclic) bond motifs is 2. The van der Waals surface area contributed by atoms with E-state index in [0.717, 1.165) is 40.6 Å². The normalized spacial score (nSPS) is 11.8. The van der Waals surface area contributed by atoms with Gasteiger partial charge in [-0.2, -0.15) is 0 Å². The first-order chi connectivity index (χ1) is 23.8. The quantitative estimate of drug-likeness (QED) is 0.157. The molecule has 4 rings (SSSR count). The zero-order chi connectivity index (χ0) is 38.7. The van der Waals surface area contributed by atoms with Crippen LogP contribution in [0.5, 0.6) is 0 Å². The van der Waals surface area contributed by atoms with Gasteiger partial charge in [0.25, 0.3) is 0 Å². The first-order valence-corrected chi connectivity index (χ1v) is 19.7. The summed E-state index contributed by atoms with van der Waals surface area (Å²) in [5.74, 6) is 0.788. The van der Waals surface area contributed by atoms with Gasteiger partial charge in [-0.3, -0.25) is 4.79 Å². The number of hydrogen-bond donors (Lipinski definition) is 2. The molecular weight excluding hydrogens is 677 g/mol. The predicted octanol–water partition coefficient (Wildman–Crippen LogP) is 12.0. The zero-order valence-electron chi connectivity index (χ0n) is 33.6. The number of carbonyl (C=O) groups excluding carboxylic acids is 2. The molecule has 8 nitrogen and oxygen atoms in total. The Hall–Kier alpha value is -3.63. The van der Waals surface area contributed by atoms with Crippen molar-refractivity contribution >= 4 is 60.6 Å². The maximum Gasteiger partial charge on any atom is 0.410 e. The van der Waals surface area contributed by atoms with Gasteiger partial charge in [0.05, 0.1) is 33.9 Å². The summed E-state index contributed by atoms with van der Waals surface area (Å²) in [6.45, 7) is 32.8. The Morgan fingerprint density at radius 1 is 0.922 bits per heavy atom. The highest BCUT2D eigenvalue weighted by Crippen LogP contribution is 2.44. The molecule has 282 valence electrons. The van der Waals surface area contributed by atoms with Crippen molar-refractivity contribution in [1.29, 1.82) is 0 Å². The molecule has 4 aromatic rings. The number of rotatable bonds is 10. The number of H-pyrrole nitrogens is 1. The molecule has 51 heavy (non-hydrogen) atoms. The van der Waals surface area contributed by atoms with Crippen LogP contribution < -0.4 is 5.32 Å². The number of aryl methyl sites for hydroxylation is 3. The maximum atomic E-state index is 12.7. The largest absolute Gasteiger partial charge is 0.460 e. The van der Waals surface area contributed by atoms with Gasteiger partial charge >= 0.3 is 12.1 Å². The number of allylic oxidation sites excluding steroid dienone is 1. The first kappa shape index (κ1) is 43.5. The van der Waals surface area contributed by atoms with E-state index in [4.69, 9.17) is 9.47 Å². The topological polar surface area (TPSA) is 96.5 Å². The van der Waals surface area contributed by atoms with E-state index in [-0.39, 0.29) is 17.7 Å². The lowest BCUT2D eigenvalue weighted by Crippen LogP contribution is -2.39. The highest BCUT2D eigenvalue weighted by molar-refractivity contribution is 7.23. The van der Waals surface area contributed by atoms with Crippen LogP contribution in [-0.2, 0) is 20.7 Å². The van der Waals surface area contributed by atoms with Crippen LogP contribution in [0.2, 0.25) is 0 Å². The molecule has 1 aromatic carbocycles. The molecule has 0 aliphatic rings. The molecule has 0 aliphatic heterocycles. The van der Waals surface area contributed by atoms with Crippen molar-refractivity contribution in [2.75, 3.05) is 13.1 Å². The Bertz CT molecular complexity index is 1740. The van der Waals surface area contributed by atoms with Crippen molar-refractivity contribution in [3.8, 4) is 10.6 Å². The SMILES string of the molecule is C=C(CN(CCC)C(=O)OC(C)(C)C)N/C(=C\C)c1cc2c(C)c3sc(-c4cnc(CC)[nH]4)cc3c(C)c2s1.CC(=O)OC(C)(C)C.CCCC. The first-order valence-electron chi connectivity index (χ1n) is 18.1. The summed E-state index contributed by atoms with van der Waals surface area (Å²) in [6, 6.07) is 4.57. The molecule has 3 aromatic heterocycles. The van der Waals surface area contributed by atoms with Gasteiger partial charge < -0.3 is 24.7 Å². The van der Waals surface area contributed by atoms with Crippen molar-refractivity contribution in [3.05, 3.63) is 58.5 Å². The van der Waals surface area contributed by atoms with Crippen molar-refractivity contribution in [3.63, 3.8) is 0 Å². The maximum absolute atomic E-state index is 12.7. The Morgan fingerprint density at radius 2 is 1.49 bits per heavy atom. The van der Waals surface area contributed by atoms with Crippen LogP contribution in [0, 0.1) is 13.8 Å². The third kappa shape index (κ3) is 13.1. The van der Waals surface area contributed by atoms with Crippen LogP contribution in [0.25, 0.3) is 36.4 Å². The van der Waals surface area contributed by atoms with Crippen LogP contribution in [0.1, 0.15) is 124 Å². The Kier molecular flexibility index (Phi) is 16.5. The van der Waals surface area contributed by atoms with Crippen molar-refractivity contribution < 1.29 is 19.1 Å². The molecule has 0 bridgehead atoms. The average Bonchev–Trinajstić information content (AvgIpc) is 3.79. The number of carbonyl (C=O) groups is 2. The van der Waals surface area contributed by atoms with Gasteiger partial charge in [-0.15, -0.1) is 22.7 Å². The molecule has 0 atom stereocenters. The Balaban J connectivity index is 0.000000646. The summed E-state index contributed by atoms with van der Waals surface area (Å²) in [4.78, 5) is 35.0. The van der Waals surface area contributed by atoms with Crippen molar-refractivity contribution in [1.82, 2.24) is 20.2 Å². The molecule has 0 fully saturated rings. The van der Waals surface area contributed by atoms with Gasteiger partial charge in [0.2, 0.25) is 0 Å². The summed E-state index contributed by atoms with van der Waals surface area (Å²) in [5.41, 5.74) is 4.56. The van der Waals surface area contributed by atoms with Crippen LogP contribution in [-0.4, -0.2) is 51.2 Å². The summed E-state index contributed by atoms with van der Waals surface area (Å²) in [6.07, 6.45) is 8.07. The number of benzene rings is 1. The number of unbranched alkanes of at least 4 members (excludes halogenated alkanes) is 1. The second kappa shape index (κ2) is 19.3. The van der Waals surface area contributed by atoms with E-state index in [1.54, 1.807) is 16.2 Å². The van der Waals surface area contributed by atoms with Crippen molar-refractivity contribution in [2.45, 2.75) is 134 Å². The number of thiophene rings is 2. The van der Waals surface area contributed by atoms with E-state index in [1.807, 2.05) is 66.0 Å². The van der Waals surface area contributed by atoms with E-state index >= 15 is 0 Å². The van der Waals surface area contributed by atoms with Gasteiger partial charge in [0.15, 0.2) is 0 Å². The van der Waals surface area contributed by atoms with Gasteiger partial charge in [0, 0.05) is 35.0 Å². The fourth-order valence-electron chi connectivity index (χ4n) is 5.07. The van der Waals surface area contributed by atoms with Crippen LogP contribution in [0.4, 0.5) is 4.79 Å². The molecule has 10 heteroatoms. The molecule has 1 amide bonds. The molecule has 3 heterocycles. The molecule has 0 radical (unpaired) electrons. The lowest BCUT2D eigenvalue weighted by Gasteiger charge is -2.28. The molecular formula is C41H62N4O4S2. The van der Waals surface area contributed by atoms with E-state index in [0.29, 0.717) is 13.1 Å². The van der Waals surface area contributed by atoms with Gasteiger partial charge in [-0.1, -0.05) is 53.2 Å². The Morgan fingerprint density at radius 3 is 1.94 bits per heavy atom. The summed E-state index contributed by atoms with van der Waals surface area (Å²) < 4.78 is 13.0. The third-order valence-electron chi connectivity index (χ3n) is 7.52. The lowest BCUT2D eigenvalue weighted by molar-refractivity contribution is -0.151. The monoisotopic (exact) mass is 738 g/mol. The number of nitrogens with one attached hydrogen (secondary N) is 2. The number of amides is 1. The van der Waals surface area contributed by atoms with Crippen molar-refractivity contribution in [2.24, 2.45) is 0 Å². The lowest BCUT2D eigenvalue weighted by atomic mass is 10.0. The minimum absolute atomic E-state index is 0.225. The molecule has 0 spiro atoms. The Labute approximate surface area is 314 Å². The minimum Gasteiger partial charge on any atom is -0.460 e. The molecule has 0 aliphatic carbocycles. The number of esters is 1. The fraction of sp³-hybridized carbons (Fsp3) is 0.537. The highest BCUT2D eigenvalue weighted by atomic mass is 32.1. The standard InChI is InChI=1S/C31H40N4O2S2.C6H12O2.C4H10/c1-10-13-35(30(36)37-31(7,8)9)17-18(4)33-23(11-2)25-14-21-19(5)29-22(20(6)28(21)38-25)15-26(39-29)24-16-32-27(12-3)34-24;1-5(7)8-6(2,3)4;1-3-4-2/h11,14-16,33H,4,10,12-13,17H2,1-3,5-9H3,(H,32,34);1-4H3;3-4H2,1-2H3/b23-11-;;. The smallest absolute Gasteiger partial charge is 0.410 e. The zero-order valence-corrected chi connectivity index (χ0v) is 35.2. The van der Waals surface area contributed by atoms with E-state index in [9.17, 15) is 9.59 Å². The molecule has 0 saturated heterocycles. The second-order valence-corrected chi connectivity index (χ2v) is 16.7. The third-order valence-corrected chi connectivity index (χ3v) is 10.1. The molecule has 2 N–H and O–H groups in total. The number of ether oxygens (including phenoxy) is 2. The van der Waals surface area contributed by atoms with Crippen LogP contribution in [0.15, 0.2) is 36.7 Å². The van der Waals surface area contributed by atoms with Crippen LogP contribution >= 0.6 is 22.7 Å². The summed E-state index contributed by atoms with van der Waals surface area (Å²) in [5, 5.41) is 6.06. The fourth-order valence-corrected chi connectivity index (χ4v) is 7.53. The number of nitrogens with zero attached hydrogens (tertiary/aromatic N) is 2. The van der Waals surface area contributed by atoms with Gasteiger partial charge in [-0.25, -0.2) is 9.78 Å². The minimum atomic E-state index is -0.537. The molecule has 0 saturated carbocycles. The average molecular weight is 739 g/mol. The second-order valence-electron chi connectivity index (χ2n) is 14.6. The summed E-state index contributed by atoms with van der Waals surface area (Å²) >= 11 is 3.61. The number of aromatic nitrogens is 2. The number of hydrogen-bond acceptors (Lipinski definition) is 8. The van der Waals surface area contributed by atoms with E-state index in [1.165, 1.54) is 55.9 Å². The van der Waals surface area contributed by atoms with Gasteiger partial charge in [0.1, 0.15) is 17.0 Å². The number of imidazole rings is 1. The highest BCUT2D eigenvalue weighted by Gasteiger charge is 2.23. The van der Waals surface area contributed by atoms with Crippen LogP contribution in [0.3, 0.4) is 0 Å². The summed E-state index contributed by atoms with van der Waals surface area (Å²) in [7, 11) is 0. The van der Waals surface area contributed by atoms with E-state index in [2.05, 4.69) is 81.6 Å². The predicted molar refractivity (Wildman–Crippen MR) is 220 cm³/mol. The molecule has 0 unspecified atom stereocenters. The van der Waals surface area contributed by atoms with Gasteiger partial charge in [-0.05, 0) is 103 Å². The number of aromatic amines is 1.